The summed E-state index contributed by atoms with van der Waals surface area (Å²) in [4.78, 5) is 10.5. The molecule has 1 aromatic rings. The summed E-state index contributed by atoms with van der Waals surface area (Å²) in [6.07, 6.45) is 2.74. The standard InChI is InChI=1S/C11H21N5/c1-3-16(4-2)9-5-7-13-11-14-8-6-10(12)15-11/h6,8H,3-5,7,9H2,1-2H3,(H3,12,13,14,15). The van der Waals surface area contributed by atoms with Crippen LogP contribution in [0, 0.1) is 0 Å². The first-order valence-corrected chi connectivity index (χ1v) is 5.81. The highest BCUT2D eigenvalue weighted by atomic mass is 15.1. The van der Waals surface area contributed by atoms with Gasteiger partial charge >= 0.3 is 0 Å². The van der Waals surface area contributed by atoms with Crippen LogP contribution in [-0.2, 0) is 0 Å². The number of aromatic nitrogens is 2. The van der Waals surface area contributed by atoms with Crippen LogP contribution in [0.2, 0.25) is 0 Å². The SMILES string of the molecule is CCN(CC)CCCNc1nccc(N)n1. The first-order valence-electron chi connectivity index (χ1n) is 5.81. The smallest absolute Gasteiger partial charge is 0.224 e. The zero-order chi connectivity index (χ0) is 11.8. The second kappa shape index (κ2) is 7.00. The van der Waals surface area contributed by atoms with Crippen molar-refractivity contribution >= 4 is 11.8 Å². The Hall–Kier alpha value is -1.36. The lowest BCUT2D eigenvalue weighted by molar-refractivity contribution is 0.303. The van der Waals surface area contributed by atoms with Crippen molar-refractivity contribution in [2.24, 2.45) is 0 Å². The van der Waals surface area contributed by atoms with E-state index in [0.717, 1.165) is 32.6 Å². The summed E-state index contributed by atoms with van der Waals surface area (Å²) >= 11 is 0. The van der Waals surface area contributed by atoms with Gasteiger partial charge in [-0.25, -0.2) is 4.98 Å². The van der Waals surface area contributed by atoms with Crippen molar-refractivity contribution in [3.8, 4) is 0 Å². The maximum Gasteiger partial charge on any atom is 0.224 e. The predicted octanol–water partition coefficient (Wildman–Crippen LogP) is 1.20. The van der Waals surface area contributed by atoms with Gasteiger partial charge in [-0.1, -0.05) is 13.8 Å². The Labute approximate surface area is 97.1 Å². The van der Waals surface area contributed by atoms with Crippen LogP contribution in [0.5, 0.6) is 0 Å². The molecule has 0 radical (unpaired) electrons. The summed E-state index contributed by atoms with van der Waals surface area (Å²) in [6, 6.07) is 1.68. The second-order valence-electron chi connectivity index (χ2n) is 3.61. The maximum atomic E-state index is 5.55. The van der Waals surface area contributed by atoms with Gasteiger partial charge in [-0.15, -0.1) is 0 Å². The number of nitrogen functional groups attached to an aromatic ring is 1. The van der Waals surface area contributed by atoms with Crippen LogP contribution >= 0.6 is 0 Å². The van der Waals surface area contributed by atoms with Gasteiger partial charge in [0.05, 0.1) is 0 Å². The van der Waals surface area contributed by atoms with Gasteiger partial charge in [0, 0.05) is 12.7 Å². The molecule has 0 spiro atoms. The van der Waals surface area contributed by atoms with E-state index in [-0.39, 0.29) is 0 Å². The van der Waals surface area contributed by atoms with E-state index in [1.165, 1.54) is 0 Å². The number of anilines is 2. The fourth-order valence-corrected chi connectivity index (χ4v) is 1.50. The molecule has 3 N–H and O–H groups in total. The first-order chi connectivity index (χ1) is 7.76. The Bertz CT molecular complexity index is 298. The normalized spacial score (nSPS) is 10.7. The Kier molecular flexibility index (Phi) is 5.56. The molecule has 0 bridgehead atoms. The van der Waals surface area contributed by atoms with Crippen LogP contribution in [0.4, 0.5) is 11.8 Å². The number of nitrogens with zero attached hydrogens (tertiary/aromatic N) is 3. The van der Waals surface area contributed by atoms with E-state index in [1.54, 1.807) is 12.3 Å². The van der Waals surface area contributed by atoms with Crippen molar-refractivity contribution in [3.63, 3.8) is 0 Å². The fraction of sp³-hybridized carbons (Fsp3) is 0.636. The number of nitrogens with one attached hydrogen (secondary N) is 1. The molecular weight excluding hydrogens is 202 g/mol. The Morgan fingerprint density at radius 3 is 2.75 bits per heavy atom. The molecule has 1 heterocycles. The van der Waals surface area contributed by atoms with Gasteiger partial charge < -0.3 is 16.0 Å². The summed E-state index contributed by atoms with van der Waals surface area (Å²) in [5.74, 6) is 1.11. The van der Waals surface area contributed by atoms with Gasteiger partial charge in [-0.05, 0) is 32.1 Å². The lowest BCUT2D eigenvalue weighted by Crippen LogP contribution is -2.25. The minimum absolute atomic E-state index is 0.501. The first kappa shape index (κ1) is 12.7. The van der Waals surface area contributed by atoms with E-state index < -0.39 is 0 Å². The van der Waals surface area contributed by atoms with Crippen LogP contribution in [0.15, 0.2) is 12.3 Å². The van der Waals surface area contributed by atoms with Crippen LogP contribution in [0.3, 0.4) is 0 Å². The highest BCUT2D eigenvalue weighted by Crippen LogP contribution is 2.01. The van der Waals surface area contributed by atoms with Gasteiger partial charge in [0.2, 0.25) is 5.95 Å². The maximum absolute atomic E-state index is 5.55. The highest BCUT2D eigenvalue weighted by Gasteiger charge is 1.99. The molecule has 0 aliphatic carbocycles. The van der Waals surface area contributed by atoms with Gasteiger partial charge in [0.15, 0.2) is 0 Å². The Morgan fingerprint density at radius 2 is 2.12 bits per heavy atom. The summed E-state index contributed by atoms with van der Waals surface area (Å²) in [6.45, 7) is 8.54. The molecule has 0 aromatic carbocycles. The van der Waals surface area contributed by atoms with E-state index in [2.05, 4.69) is 34.0 Å². The molecule has 90 valence electrons. The van der Waals surface area contributed by atoms with Crippen molar-refractivity contribution in [1.82, 2.24) is 14.9 Å². The van der Waals surface area contributed by atoms with E-state index in [9.17, 15) is 0 Å². The summed E-state index contributed by atoms with van der Waals surface area (Å²) < 4.78 is 0. The van der Waals surface area contributed by atoms with Crippen LogP contribution in [0.1, 0.15) is 20.3 Å². The molecule has 0 aliphatic heterocycles. The van der Waals surface area contributed by atoms with E-state index >= 15 is 0 Å². The van der Waals surface area contributed by atoms with E-state index in [4.69, 9.17) is 5.73 Å². The van der Waals surface area contributed by atoms with Crippen LogP contribution in [-0.4, -0.2) is 41.0 Å². The molecule has 0 unspecified atom stereocenters. The molecule has 0 atom stereocenters. The second-order valence-corrected chi connectivity index (χ2v) is 3.61. The number of rotatable bonds is 7. The fourth-order valence-electron chi connectivity index (χ4n) is 1.50. The average Bonchev–Trinajstić information content (AvgIpc) is 2.29. The predicted molar refractivity (Wildman–Crippen MR) is 67.3 cm³/mol. The quantitative estimate of drug-likeness (QED) is 0.680. The third-order valence-electron chi connectivity index (χ3n) is 2.51. The molecule has 1 aromatic heterocycles. The molecule has 5 heteroatoms. The van der Waals surface area contributed by atoms with Crippen LogP contribution in [0.25, 0.3) is 0 Å². The van der Waals surface area contributed by atoms with Gasteiger partial charge in [0.25, 0.3) is 0 Å². The monoisotopic (exact) mass is 223 g/mol. The van der Waals surface area contributed by atoms with Gasteiger partial charge in [0.1, 0.15) is 5.82 Å². The molecule has 0 saturated carbocycles. The third kappa shape index (κ3) is 4.44. The molecule has 1 rings (SSSR count). The van der Waals surface area contributed by atoms with Crippen molar-refractivity contribution < 1.29 is 0 Å². The average molecular weight is 223 g/mol. The largest absolute Gasteiger partial charge is 0.384 e. The van der Waals surface area contributed by atoms with Crippen molar-refractivity contribution in [2.75, 3.05) is 37.2 Å². The number of hydrogen-bond donors (Lipinski definition) is 2. The summed E-state index contributed by atoms with van der Waals surface area (Å²) in [5, 5.41) is 3.16. The molecule has 0 amide bonds. The van der Waals surface area contributed by atoms with Crippen LogP contribution < -0.4 is 11.1 Å². The van der Waals surface area contributed by atoms with Crippen molar-refractivity contribution in [3.05, 3.63) is 12.3 Å². The lowest BCUT2D eigenvalue weighted by atomic mass is 10.3. The minimum Gasteiger partial charge on any atom is -0.384 e. The van der Waals surface area contributed by atoms with E-state index in [0.29, 0.717) is 11.8 Å². The molecule has 0 saturated heterocycles. The molecule has 16 heavy (non-hydrogen) atoms. The van der Waals surface area contributed by atoms with E-state index in [1.807, 2.05) is 0 Å². The highest BCUT2D eigenvalue weighted by molar-refractivity contribution is 5.34. The zero-order valence-corrected chi connectivity index (χ0v) is 10.1. The third-order valence-corrected chi connectivity index (χ3v) is 2.51. The number of hydrogen-bond acceptors (Lipinski definition) is 5. The summed E-state index contributed by atoms with van der Waals surface area (Å²) in [7, 11) is 0. The molecule has 5 nitrogen and oxygen atoms in total. The zero-order valence-electron chi connectivity index (χ0n) is 10.1. The minimum atomic E-state index is 0.501. The van der Waals surface area contributed by atoms with Gasteiger partial charge in [-0.2, -0.15) is 4.98 Å². The van der Waals surface area contributed by atoms with Crippen molar-refractivity contribution in [1.29, 1.82) is 0 Å². The Balaban J connectivity index is 2.20. The molecule has 0 fully saturated rings. The van der Waals surface area contributed by atoms with Crippen molar-refractivity contribution in [2.45, 2.75) is 20.3 Å². The topological polar surface area (TPSA) is 67.1 Å². The van der Waals surface area contributed by atoms with Gasteiger partial charge in [-0.3, -0.25) is 0 Å². The molecule has 0 aliphatic rings. The number of nitrogens with two attached hydrogens (primary N) is 1. The summed E-state index contributed by atoms with van der Waals surface area (Å²) in [5.41, 5.74) is 5.55. The Morgan fingerprint density at radius 1 is 1.38 bits per heavy atom. The lowest BCUT2D eigenvalue weighted by Gasteiger charge is -2.17. The molecular formula is C11H21N5.